The van der Waals surface area contributed by atoms with Crippen molar-refractivity contribution in [2.45, 2.75) is 19.1 Å². The molecule has 3 nitrogen and oxygen atoms in total. The Bertz CT molecular complexity index is 404. The highest BCUT2D eigenvalue weighted by Gasteiger charge is 2.34. The van der Waals surface area contributed by atoms with Crippen LogP contribution >= 0.6 is 0 Å². The van der Waals surface area contributed by atoms with E-state index in [1.54, 1.807) is 6.92 Å². The fourth-order valence-electron chi connectivity index (χ4n) is 1.29. The monoisotopic (exact) mass is 246 g/mol. The minimum Gasteiger partial charge on any atom is -0.348 e. The van der Waals surface area contributed by atoms with Gasteiger partial charge in [0.15, 0.2) is 0 Å². The van der Waals surface area contributed by atoms with Gasteiger partial charge in [-0.05, 0) is 19.1 Å². The molecule has 0 aliphatic carbocycles. The Labute approximate surface area is 96.8 Å². The molecule has 1 atom stereocenters. The number of alkyl halides is 3. The number of hydrogen-bond donors (Lipinski definition) is 2. The van der Waals surface area contributed by atoms with Crippen LogP contribution in [0, 0.1) is 0 Å². The third kappa shape index (κ3) is 3.45. The van der Waals surface area contributed by atoms with Crippen molar-refractivity contribution in [2.24, 2.45) is 5.73 Å². The van der Waals surface area contributed by atoms with Gasteiger partial charge in [0, 0.05) is 12.6 Å². The first-order valence-corrected chi connectivity index (χ1v) is 5.03. The van der Waals surface area contributed by atoms with Gasteiger partial charge in [0.2, 0.25) is 0 Å². The van der Waals surface area contributed by atoms with Crippen LogP contribution in [0.25, 0.3) is 0 Å². The van der Waals surface area contributed by atoms with Gasteiger partial charge in [0.05, 0.1) is 11.1 Å². The van der Waals surface area contributed by atoms with Crippen LogP contribution in [0.4, 0.5) is 13.2 Å². The molecular weight excluding hydrogens is 233 g/mol. The quantitative estimate of drug-likeness (QED) is 0.854. The van der Waals surface area contributed by atoms with Gasteiger partial charge in [-0.15, -0.1) is 0 Å². The molecule has 1 amide bonds. The van der Waals surface area contributed by atoms with Crippen molar-refractivity contribution in [1.82, 2.24) is 5.32 Å². The molecule has 1 aromatic carbocycles. The van der Waals surface area contributed by atoms with Crippen LogP contribution in [-0.4, -0.2) is 18.5 Å². The number of rotatable bonds is 3. The predicted molar refractivity (Wildman–Crippen MR) is 57.4 cm³/mol. The first-order chi connectivity index (χ1) is 7.86. The highest BCUT2D eigenvalue weighted by molar-refractivity contribution is 5.96. The Hall–Kier alpha value is -1.56. The molecule has 0 aliphatic rings. The molecule has 0 aliphatic heterocycles. The molecule has 0 heterocycles. The molecule has 0 bridgehead atoms. The van der Waals surface area contributed by atoms with Crippen LogP contribution in [0.5, 0.6) is 0 Å². The van der Waals surface area contributed by atoms with Crippen LogP contribution in [0.3, 0.4) is 0 Å². The Morgan fingerprint density at radius 3 is 2.53 bits per heavy atom. The van der Waals surface area contributed by atoms with Crippen LogP contribution < -0.4 is 11.1 Å². The Balaban J connectivity index is 3.02. The Kier molecular flexibility index (Phi) is 4.11. The Morgan fingerprint density at radius 2 is 2.00 bits per heavy atom. The number of nitrogens with two attached hydrogens (primary N) is 1. The van der Waals surface area contributed by atoms with Crippen molar-refractivity contribution >= 4 is 5.91 Å². The SMILES string of the molecule is C[C@@H](CN)NC(=O)c1ccccc1C(F)(F)F. The van der Waals surface area contributed by atoms with Crippen molar-refractivity contribution in [3.63, 3.8) is 0 Å². The first-order valence-electron chi connectivity index (χ1n) is 5.03. The molecule has 3 N–H and O–H groups in total. The zero-order valence-corrected chi connectivity index (χ0v) is 9.21. The number of benzene rings is 1. The van der Waals surface area contributed by atoms with Gasteiger partial charge < -0.3 is 11.1 Å². The average Bonchev–Trinajstić information content (AvgIpc) is 2.27. The van der Waals surface area contributed by atoms with Gasteiger partial charge in [-0.3, -0.25) is 4.79 Å². The molecular formula is C11H13F3N2O. The van der Waals surface area contributed by atoms with Crippen LogP contribution in [0.15, 0.2) is 24.3 Å². The van der Waals surface area contributed by atoms with E-state index in [2.05, 4.69) is 5.32 Å². The number of carbonyl (C=O) groups excluding carboxylic acids is 1. The standard InChI is InChI=1S/C11H13F3N2O/c1-7(6-15)16-10(17)8-4-2-3-5-9(8)11(12,13)14/h2-5,7H,6,15H2,1H3,(H,16,17)/t7-/m0/s1. The molecule has 17 heavy (non-hydrogen) atoms. The molecule has 0 radical (unpaired) electrons. The molecule has 0 unspecified atom stereocenters. The van der Waals surface area contributed by atoms with E-state index in [1.807, 2.05) is 0 Å². The molecule has 1 rings (SSSR count). The summed E-state index contributed by atoms with van der Waals surface area (Å²) in [4.78, 5) is 11.6. The zero-order valence-electron chi connectivity index (χ0n) is 9.21. The molecule has 0 spiro atoms. The highest BCUT2D eigenvalue weighted by Crippen LogP contribution is 2.31. The fourth-order valence-corrected chi connectivity index (χ4v) is 1.29. The van der Waals surface area contributed by atoms with Gasteiger partial charge >= 0.3 is 6.18 Å². The van der Waals surface area contributed by atoms with Crippen LogP contribution in [0.1, 0.15) is 22.8 Å². The maximum absolute atomic E-state index is 12.6. The largest absolute Gasteiger partial charge is 0.417 e. The summed E-state index contributed by atoms with van der Waals surface area (Å²) >= 11 is 0. The number of halogens is 3. The lowest BCUT2D eigenvalue weighted by molar-refractivity contribution is -0.137. The summed E-state index contributed by atoms with van der Waals surface area (Å²) in [6.45, 7) is 1.79. The molecule has 1 aromatic rings. The maximum Gasteiger partial charge on any atom is 0.417 e. The van der Waals surface area contributed by atoms with Crippen LogP contribution in [0.2, 0.25) is 0 Å². The van der Waals surface area contributed by atoms with Gasteiger partial charge in [-0.25, -0.2) is 0 Å². The number of amides is 1. The third-order valence-electron chi connectivity index (χ3n) is 2.21. The lowest BCUT2D eigenvalue weighted by atomic mass is 10.1. The number of carbonyl (C=O) groups is 1. The second kappa shape index (κ2) is 5.18. The summed E-state index contributed by atoms with van der Waals surface area (Å²) in [6, 6.07) is 4.27. The van der Waals surface area contributed by atoms with Gasteiger partial charge in [-0.1, -0.05) is 12.1 Å². The summed E-state index contributed by atoms with van der Waals surface area (Å²) in [5.74, 6) is -0.768. The van der Waals surface area contributed by atoms with Gasteiger partial charge in [0.25, 0.3) is 5.91 Å². The minimum atomic E-state index is -4.54. The van der Waals surface area contributed by atoms with E-state index in [0.29, 0.717) is 0 Å². The lowest BCUT2D eigenvalue weighted by Gasteiger charge is -2.15. The predicted octanol–water partition coefficient (Wildman–Crippen LogP) is 1.78. The maximum atomic E-state index is 12.6. The van der Waals surface area contributed by atoms with E-state index in [1.165, 1.54) is 12.1 Å². The topological polar surface area (TPSA) is 55.1 Å². The molecule has 94 valence electrons. The van der Waals surface area contributed by atoms with E-state index in [-0.39, 0.29) is 18.2 Å². The van der Waals surface area contributed by atoms with Gasteiger partial charge in [-0.2, -0.15) is 13.2 Å². The van der Waals surface area contributed by atoms with E-state index in [4.69, 9.17) is 5.73 Å². The van der Waals surface area contributed by atoms with Crippen molar-refractivity contribution in [3.8, 4) is 0 Å². The second-order valence-electron chi connectivity index (χ2n) is 3.65. The van der Waals surface area contributed by atoms with Crippen molar-refractivity contribution < 1.29 is 18.0 Å². The molecule has 0 aromatic heterocycles. The molecule has 0 saturated heterocycles. The minimum absolute atomic E-state index is 0.167. The molecule has 0 saturated carbocycles. The second-order valence-corrected chi connectivity index (χ2v) is 3.65. The normalized spacial score (nSPS) is 13.2. The van der Waals surface area contributed by atoms with E-state index >= 15 is 0 Å². The van der Waals surface area contributed by atoms with Crippen molar-refractivity contribution in [1.29, 1.82) is 0 Å². The third-order valence-corrected chi connectivity index (χ3v) is 2.21. The van der Waals surface area contributed by atoms with Crippen molar-refractivity contribution in [2.75, 3.05) is 6.54 Å². The van der Waals surface area contributed by atoms with Crippen molar-refractivity contribution in [3.05, 3.63) is 35.4 Å². The van der Waals surface area contributed by atoms with E-state index in [9.17, 15) is 18.0 Å². The summed E-state index contributed by atoms with van der Waals surface area (Å²) in [5, 5.41) is 2.39. The molecule has 6 heteroatoms. The number of nitrogens with one attached hydrogen (secondary N) is 1. The molecule has 0 fully saturated rings. The van der Waals surface area contributed by atoms with E-state index < -0.39 is 17.6 Å². The van der Waals surface area contributed by atoms with Crippen LogP contribution in [-0.2, 0) is 6.18 Å². The lowest BCUT2D eigenvalue weighted by Crippen LogP contribution is -2.38. The average molecular weight is 246 g/mol. The summed E-state index contributed by atoms with van der Waals surface area (Å²) in [6.07, 6.45) is -4.54. The van der Waals surface area contributed by atoms with E-state index in [0.717, 1.165) is 12.1 Å². The first kappa shape index (κ1) is 13.5. The highest BCUT2D eigenvalue weighted by atomic mass is 19.4. The summed E-state index contributed by atoms with van der Waals surface area (Å²) < 4.78 is 37.9. The summed E-state index contributed by atoms with van der Waals surface area (Å²) in [5.41, 5.74) is 3.95. The zero-order chi connectivity index (χ0) is 13.1. The van der Waals surface area contributed by atoms with Gasteiger partial charge in [0.1, 0.15) is 0 Å². The summed E-state index contributed by atoms with van der Waals surface area (Å²) in [7, 11) is 0. The smallest absolute Gasteiger partial charge is 0.348 e. The Morgan fingerprint density at radius 1 is 1.41 bits per heavy atom. The number of hydrogen-bond acceptors (Lipinski definition) is 2. The fraction of sp³-hybridized carbons (Fsp3) is 0.364.